The molecule has 4 aromatic rings. The lowest BCUT2D eigenvalue weighted by atomic mass is 9.89. The predicted octanol–water partition coefficient (Wildman–Crippen LogP) is 5.63. The Morgan fingerprint density at radius 3 is 2.41 bits per heavy atom. The maximum absolute atomic E-state index is 13.0. The van der Waals surface area contributed by atoms with Gasteiger partial charge in [-0.25, -0.2) is 9.97 Å². The molecule has 1 aliphatic heterocycles. The minimum absolute atomic E-state index is 0.0400. The third kappa shape index (κ3) is 4.94. The number of piperidine rings is 1. The van der Waals surface area contributed by atoms with Crippen LogP contribution in [0.5, 0.6) is 0 Å². The lowest BCUT2D eigenvalue weighted by Crippen LogP contribution is -2.38. The number of benzene rings is 2. The van der Waals surface area contributed by atoms with Crippen LogP contribution >= 0.6 is 0 Å². The molecule has 0 spiro atoms. The molecule has 0 bridgehead atoms. The first-order chi connectivity index (χ1) is 16.8. The van der Waals surface area contributed by atoms with E-state index < -0.39 is 0 Å². The highest BCUT2D eigenvalue weighted by atomic mass is 16.2. The summed E-state index contributed by atoms with van der Waals surface area (Å²) >= 11 is 0. The molecule has 0 unspecified atom stereocenters. The number of aromatic nitrogens is 3. The molecule has 3 heterocycles. The monoisotopic (exact) mass is 446 g/mol. The van der Waals surface area contributed by atoms with Gasteiger partial charge in [0.2, 0.25) is 5.91 Å². The summed E-state index contributed by atoms with van der Waals surface area (Å²) in [5.74, 6) is 0.865. The molecule has 0 saturated carbocycles. The third-order valence-electron chi connectivity index (χ3n) is 6.18. The Bertz CT molecular complexity index is 1270. The number of likely N-dealkylation sites (tertiary alicyclic amines) is 1. The zero-order chi connectivity index (χ0) is 23.2. The maximum atomic E-state index is 13.0. The molecule has 1 amide bonds. The molecule has 2 aromatic heterocycles. The summed E-state index contributed by atoms with van der Waals surface area (Å²) in [6.45, 7) is 1.40. The number of rotatable bonds is 5. The zero-order valence-corrected chi connectivity index (χ0v) is 18.9. The van der Waals surface area contributed by atoms with Crippen LogP contribution < -0.4 is 0 Å². The minimum Gasteiger partial charge on any atom is -0.338 e. The van der Waals surface area contributed by atoms with Gasteiger partial charge in [0.15, 0.2) is 5.82 Å². The van der Waals surface area contributed by atoms with Crippen molar-refractivity contribution in [3.63, 3.8) is 0 Å². The van der Waals surface area contributed by atoms with Gasteiger partial charge in [-0.2, -0.15) is 0 Å². The van der Waals surface area contributed by atoms with Crippen LogP contribution in [0.4, 0.5) is 0 Å². The summed E-state index contributed by atoms with van der Waals surface area (Å²) in [4.78, 5) is 28.7. The molecular formula is C29H26N4O. The van der Waals surface area contributed by atoms with Crippen LogP contribution in [-0.4, -0.2) is 38.8 Å². The second-order valence-electron chi connectivity index (χ2n) is 8.46. The normalized spacial score (nSPS) is 16.0. The van der Waals surface area contributed by atoms with Gasteiger partial charge in [-0.1, -0.05) is 60.7 Å². The summed E-state index contributed by atoms with van der Waals surface area (Å²) in [5, 5.41) is 0. The van der Waals surface area contributed by atoms with Crippen LogP contribution in [0, 0.1) is 0 Å². The van der Waals surface area contributed by atoms with E-state index >= 15 is 0 Å². The third-order valence-corrected chi connectivity index (χ3v) is 6.18. The molecule has 0 N–H and O–H groups in total. The van der Waals surface area contributed by atoms with E-state index in [0.717, 1.165) is 47.3 Å². The van der Waals surface area contributed by atoms with E-state index in [0.29, 0.717) is 12.4 Å². The molecule has 5 nitrogen and oxygen atoms in total. The van der Waals surface area contributed by atoms with Crippen molar-refractivity contribution in [2.24, 2.45) is 0 Å². The Hall–Kier alpha value is -4.12. The van der Waals surface area contributed by atoms with Crippen LogP contribution in [0.2, 0.25) is 0 Å². The zero-order valence-electron chi connectivity index (χ0n) is 18.9. The quantitative estimate of drug-likeness (QED) is 0.373. The van der Waals surface area contributed by atoms with Crippen molar-refractivity contribution < 1.29 is 4.79 Å². The van der Waals surface area contributed by atoms with Crippen molar-refractivity contribution in [1.82, 2.24) is 19.9 Å². The van der Waals surface area contributed by atoms with E-state index in [1.165, 1.54) is 0 Å². The molecule has 5 heteroatoms. The highest BCUT2D eigenvalue weighted by molar-refractivity contribution is 5.92. The SMILES string of the molecule is O=C(/C=C/c1ccccc1)N1CCC[C@H](c2nc(-c3ccncc3)ncc2-c2ccccc2)C1. The molecule has 1 aliphatic rings. The van der Waals surface area contributed by atoms with Gasteiger partial charge in [0.25, 0.3) is 0 Å². The van der Waals surface area contributed by atoms with Gasteiger partial charge in [0, 0.05) is 54.8 Å². The molecule has 1 atom stereocenters. The van der Waals surface area contributed by atoms with Gasteiger partial charge in [0.05, 0.1) is 5.69 Å². The molecule has 1 saturated heterocycles. The Kier molecular flexibility index (Phi) is 6.52. The van der Waals surface area contributed by atoms with Gasteiger partial charge in [-0.05, 0) is 42.2 Å². The smallest absolute Gasteiger partial charge is 0.246 e. The van der Waals surface area contributed by atoms with E-state index in [1.807, 2.05) is 77.8 Å². The molecular weight excluding hydrogens is 420 g/mol. The topological polar surface area (TPSA) is 59.0 Å². The molecule has 5 rings (SSSR count). The lowest BCUT2D eigenvalue weighted by molar-refractivity contribution is -0.127. The van der Waals surface area contributed by atoms with Crippen LogP contribution in [0.15, 0.2) is 97.5 Å². The van der Waals surface area contributed by atoms with Crippen molar-refractivity contribution in [1.29, 1.82) is 0 Å². The van der Waals surface area contributed by atoms with Gasteiger partial charge in [-0.15, -0.1) is 0 Å². The van der Waals surface area contributed by atoms with E-state index in [2.05, 4.69) is 22.1 Å². The van der Waals surface area contributed by atoms with Gasteiger partial charge >= 0.3 is 0 Å². The van der Waals surface area contributed by atoms with Gasteiger partial charge < -0.3 is 4.90 Å². The van der Waals surface area contributed by atoms with E-state index in [-0.39, 0.29) is 11.8 Å². The van der Waals surface area contributed by atoms with Crippen molar-refractivity contribution in [3.05, 3.63) is 109 Å². The number of hydrogen-bond donors (Lipinski definition) is 0. The molecule has 168 valence electrons. The lowest BCUT2D eigenvalue weighted by Gasteiger charge is -2.32. The highest BCUT2D eigenvalue weighted by Gasteiger charge is 2.27. The Labute approximate surface area is 199 Å². The fourth-order valence-electron chi connectivity index (χ4n) is 4.42. The van der Waals surface area contributed by atoms with Gasteiger partial charge in [0.1, 0.15) is 0 Å². The largest absolute Gasteiger partial charge is 0.338 e. The van der Waals surface area contributed by atoms with Crippen LogP contribution in [0.25, 0.3) is 28.6 Å². The van der Waals surface area contributed by atoms with Crippen LogP contribution in [0.3, 0.4) is 0 Å². The second kappa shape index (κ2) is 10.2. The molecule has 0 radical (unpaired) electrons. The molecule has 34 heavy (non-hydrogen) atoms. The average Bonchev–Trinajstić information content (AvgIpc) is 2.93. The number of pyridine rings is 1. The molecule has 1 fully saturated rings. The first kappa shape index (κ1) is 21.7. The summed E-state index contributed by atoms with van der Waals surface area (Å²) in [6.07, 6.45) is 10.9. The Balaban J connectivity index is 1.45. The van der Waals surface area contributed by atoms with Gasteiger partial charge in [-0.3, -0.25) is 9.78 Å². The standard InChI is InChI=1S/C29H26N4O/c34-27(14-13-22-8-3-1-4-9-22)33-19-7-12-25(21-33)28-26(23-10-5-2-6-11-23)20-31-29(32-28)24-15-17-30-18-16-24/h1-6,8-11,13-18,20,25H,7,12,19,21H2/b14-13+/t25-/m0/s1. The number of carbonyl (C=O) groups is 1. The number of nitrogens with zero attached hydrogens (tertiary/aromatic N) is 4. The summed E-state index contributed by atoms with van der Waals surface area (Å²) in [5.41, 5.74) is 5.07. The molecule has 0 aliphatic carbocycles. The average molecular weight is 447 g/mol. The molecule has 2 aromatic carbocycles. The first-order valence-corrected chi connectivity index (χ1v) is 11.6. The van der Waals surface area contributed by atoms with Crippen molar-refractivity contribution in [2.45, 2.75) is 18.8 Å². The highest BCUT2D eigenvalue weighted by Crippen LogP contribution is 2.34. The van der Waals surface area contributed by atoms with E-state index in [1.54, 1.807) is 18.5 Å². The van der Waals surface area contributed by atoms with Crippen LogP contribution in [0.1, 0.15) is 30.0 Å². The fourth-order valence-corrected chi connectivity index (χ4v) is 4.42. The number of carbonyl (C=O) groups excluding carboxylic acids is 1. The predicted molar refractivity (Wildman–Crippen MR) is 135 cm³/mol. The Morgan fingerprint density at radius 1 is 0.912 bits per heavy atom. The Morgan fingerprint density at radius 2 is 1.65 bits per heavy atom. The van der Waals surface area contributed by atoms with E-state index in [4.69, 9.17) is 4.98 Å². The second-order valence-corrected chi connectivity index (χ2v) is 8.46. The summed E-state index contributed by atoms with van der Waals surface area (Å²) in [6, 6.07) is 24.0. The minimum atomic E-state index is 0.0400. The maximum Gasteiger partial charge on any atom is 0.246 e. The fraction of sp³-hybridized carbons (Fsp3) is 0.172. The first-order valence-electron chi connectivity index (χ1n) is 11.6. The summed E-state index contributed by atoms with van der Waals surface area (Å²) < 4.78 is 0. The number of hydrogen-bond acceptors (Lipinski definition) is 4. The van der Waals surface area contributed by atoms with Crippen molar-refractivity contribution >= 4 is 12.0 Å². The van der Waals surface area contributed by atoms with Crippen molar-refractivity contribution in [3.8, 4) is 22.5 Å². The number of amides is 1. The van der Waals surface area contributed by atoms with Crippen molar-refractivity contribution in [2.75, 3.05) is 13.1 Å². The van der Waals surface area contributed by atoms with E-state index in [9.17, 15) is 4.79 Å². The summed E-state index contributed by atoms with van der Waals surface area (Å²) in [7, 11) is 0. The van der Waals surface area contributed by atoms with Crippen LogP contribution in [-0.2, 0) is 4.79 Å².